The van der Waals surface area contributed by atoms with Crippen LogP contribution in [-0.4, -0.2) is 35.4 Å². The molecular weight excluding hydrogens is 294 g/mol. The van der Waals surface area contributed by atoms with Crippen molar-refractivity contribution in [2.45, 2.75) is 64.9 Å². The van der Waals surface area contributed by atoms with Crippen LogP contribution in [0.25, 0.3) is 0 Å². The topological polar surface area (TPSA) is 29.5 Å². The van der Waals surface area contributed by atoms with Crippen molar-refractivity contribution in [1.82, 2.24) is 4.90 Å². The van der Waals surface area contributed by atoms with Crippen molar-refractivity contribution >= 4 is 18.7 Å². The number of rotatable bonds is 4. The largest absolute Gasteiger partial charge is 0.444 e. The number of hydrogen-bond donors (Lipinski definition) is 1. The zero-order valence-electron chi connectivity index (χ0n) is 14.3. The van der Waals surface area contributed by atoms with Crippen molar-refractivity contribution in [2.24, 2.45) is 23.2 Å². The number of hydrogen-bond acceptors (Lipinski definition) is 3. The Bertz CT molecular complexity index is 394. The van der Waals surface area contributed by atoms with Gasteiger partial charge in [-0.15, -0.1) is 0 Å². The lowest BCUT2D eigenvalue weighted by atomic mass is 9.49. The van der Waals surface area contributed by atoms with Crippen LogP contribution in [0.15, 0.2) is 0 Å². The molecule has 3 nitrogen and oxygen atoms in total. The normalized spacial score (nSPS) is 36.5. The summed E-state index contributed by atoms with van der Waals surface area (Å²) in [5, 5.41) is 0. The van der Waals surface area contributed by atoms with Crippen LogP contribution in [0.1, 0.15) is 59.3 Å². The molecule has 0 N–H and O–H groups in total. The highest BCUT2D eigenvalue weighted by atomic mass is 32.1. The highest BCUT2D eigenvalue weighted by Crippen LogP contribution is 2.60. The van der Waals surface area contributed by atoms with Crippen molar-refractivity contribution in [1.29, 1.82) is 0 Å². The van der Waals surface area contributed by atoms with Crippen LogP contribution in [0.2, 0.25) is 0 Å². The van der Waals surface area contributed by atoms with Gasteiger partial charge in [-0.2, -0.15) is 12.6 Å². The Balaban J connectivity index is 1.69. The molecule has 0 heterocycles. The number of carbonyl (C=O) groups is 1. The highest BCUT2D eigenvalue weighted by molar-refractivity contribution is 7.80. The van der Waals surface area contributed by atoms with E-state index < -0.39 is 5.60 Å². The van der Waals surface area contributed by atoms with Gasteiger partial charge in [0.2, 0.25) is 0 Å². The average molecular weight is 326 g/mol. The second-order valence-electron chi connectivity index (χ2n) is 9.04. The Hall–Kier alpha value is -0.380. The van der Waals surface area contributed by atoms with Crippen LogP contribution in [0.4, 0.5) is 4.79 Å². The summed E-state index contributed by atoms with van der Waals surface area (Å²) in [6.07, 6.45) is 8.15. The van der Waals surface area contributed by atoms with Gasteiger partial charge in [-0.05, 0) is 82.5 Å². The van der Waals surface area contributed by atoms with Gasteiger partial charge in [-0.25, -0.2) is 4.79 Å². The molecule has 0 spiro atoms. The predicted octanol–water partition coefficient (Wildman–Crippen LogP) is 4.37. The molecular formula is C18H31NO2S. The maximum Gasteiger partial charge on any atom is 0.410 e. The van der Waals surface area contributed by atoms with Crippen LogP contribution in [0.3, 0.4) is 0 Å². The van der Waals surface area contributed by atoms with Crippen LogP contribution in [0.5, 0.6) is 0 Å². The van der Waals surface area contributed by atoms with Gasteiger partial charge in [0.25, 0.3) is 0 Å². The summed E-state index contributed by atoms with van der Waals surface area (Å²) in [6, 6.07) is 0. The first-order valence-electron chi connectivity index (χ1n) is 8.87. The van der Waals surface area contributed by atoms with Gasteiger partial charge >= 0.3 is 6.09 Å². The van der Waals surface area contributed by atoms with E-state index in [1.54, 1.807) is 0 Å². The van der Waals surface area contributed by atoms with Crippen molar-refractivity contribution in [3.8, 4) is 0 Å². The second-order valence-corrected chi connectivity index (χ2v) is 9.49. The molecule has 4 bridgehead atoms. The zero-order valence-corrected chi connectivity index (χ0v) is 15.2. The van der Waals surface area contributed by atoms with E-state index in [2.05, 4.69) is 12.6 Å². The minimum absolute atomic E-state index is 0.155. The quantitative estimate of drug-likeness (QED) is 0.778. The fourth-order valence-electron chi connectivity index (χ4n) is 5.57. The van der Waals surface area contributed by atoms with Gasteiger partial charge in [-0.3, -0.25) is 0 Å². The van der Waals surface area contributed by atoms with Crippen LogP contribution in [0, 0.1) is 23.2 Å². The Morgan fingerprint density at radius 2 is 1.64 bits per heavy atom. The second kappa shape index (κ2) is 5.92. The minimum Gasteiger partial charge on any atom is -0.444 e. The lowest BCUT2D eigenvalue weighted by Gasteiger charge is -2.57. The number of thiol groups is 1. The molecule has 0 aromatic heterocycles. The van der Waals surface area contributed by atoms with Crippen molar-refractivity contribution < 1.29 is 9.53 Å². The summed E-state index contributed by atoms with van der Waals surface area (Å²) in [5.41, 5.74) is -0.0536. The van der Waals surface area contributed by atoms with Gasteiger partial charge in [0.05, 0.1) is 0 Å². The average Bonchev–Trinajstić information content (AvgIpc) is 2.34. The number of carbonyl (C=O) groups excluding carboxylic acids is 1. The molecule has 0 aliphatic heterocycles. The Morgan fingerprint density at radius 3 is 2.05 bits per heavy atom. The fraction of sp³-hybridized carbons (Fsp3) is 0.944. The van der Waals surface area contributed by atoms with E-state index in [1.807, 2.05) is 25.7 Å². The summed E-state index contributed by atoms with van der Waals surface area (Å²) in [6.45, 7) is 7.39. The van der Waals surface area contributed by atoms with E-state index in [4.69, 9.17) is 4.74 Å². The highest BCUT2D eigenvalue weighted by Gasteiger charge is 2.51. The molecule has 1 amide bonds. The molecule has 22 heavy (non-hydrogen) atoms. The Kier molecular flexibility index (Phi) is 4.43. The third-order valence-electron chi connectivity index (χ3n) is 5.71. The first kappa shape index (κ1) is 16.5. The minimum atomic E-state index is -0.423. The summed E-state index contributed by atoms with van der Waals surface area (Å²) in [5.74, 6) is 3.46. The van der Waals surface area contributed by atoms with Gasteiger partial charge < -0.3 is 9.64 Å². The van der Waals surface area contributed by atoms with E-state index in [1.165, 1.54) is 38.5 Å². The van der Waals surface area contributed by atoms with Crippen molar-refractivity contribution in [3.63, 3.8) is 0 Å². The molecule has 0 atom stereocenters. The van der Waals surface area contributed by atoms with E-state index >= 15 is 0 Å². The summed E-state index contributed by atoms with van der Waals surface area (Å²) >= 11 is 4.35. The Morgan fingerprint density at radius 1 is 1.14 bits per heavy atom. The summed E-state index contributed by atoms with van der Waals surface area (Å²) < 4.78 is 5.62. The Labute approximate surface area is 140 Å². The number of ether oxygens (including phenoxy) is 1. The molecule has 4 fully saturated rings. The maximum absolute atomic E-state index is 12.5. The fourth-order valence-corrected chi connectivity index (χ4v) is 5.81. The van der Waals surface area contributed by atoms with Gasteiger partial charge in [0.1, 0.15) is 5.60 Å². The van der Waals surface area contributed by atoms with E-state index in [0.29, 0.717) is 17.7 Å². The first-order valence-corrected chi connectivity index (χ1v) is 9.51. The smallest absolute Gasteiger partial charge is 0.410 e. The van der Waals surface area contributed by atoms with Gasteiger partial charge in [0.15, 0.2) is 0 Å². The molecule has 126 valence electrons. The molecule has 4 saturated carbocycles. The summed E-state index contributed by atoms with van der Waals surface area (Å²) in [7, 11) is 0. The van der Waals surface area contributed by atoms with Gasteiger partial charge in [-0.1, -0.05) is 0 Å². The third kappa shape index (κ3) is 3.58. The molecule has 0 unspecified atom stereocenters. The van der Waals surface area contributed by atoms with Crippen molar-refractivity contribution in [3.05, 3.63) is 0 Å². The van der Waals surface area contributed by atoms with Crippen LogP contribution in [-0.2, 0) is 4.74 Å². The van der Waals surface area contributed by atoms with Crippen molar-refractivity contribution in [2.75, 3.05) is 18.8 Å². The van der Waals surface area contributed by atoms with E-state index in [0.717, 1.165) is 24.3 Å². The molecule has 4 heteroatoms. The standard InChI is InChI=1S/C18H31NO2S/c1-17(2,3)21-16(20)19(4-5-22)12-18-9-13-6-14(10-18)8-15(7-13)11-18/h13-15,22H,4-12H2,1-3H3. The number of amides is 1. The predicted molar refractivity (Wildman–Crippen MR) is 92.3 cm³/mol. The SMILES string of the molecule is CC(C)(C)OC(=O)N(CCS)CC12CC3CC(CC(C3)C1)C2. The molecule has 4 aliphatic carbocycles. The molecule has 4 rings (SSSR count). The van der Waals surface area contributed by atoms with E-state index in [9.17, 15) is 4.79 Å². The molecule has 0 aromatic carbocycles. The maximum atomic E-state index is 12.5. The van der Waals surface area contributed by atoms with E-state index in [-0.39, 0.29) is 6.09 Å². The zero-order chi connectivity index (χ0) is 16.0. The van der Waals surface area contributed by atoms with Gasteiger partial charge in [0, 0.05) is 18.8 Å². The van der Waals surface area contributed by atoms with Crippen LogP contribution < -0.4 is 0 Å². The molecule has 0 saturated heterocycles. The third-order valence-corrected chi connectivity index (χ3v) is 5.91. The summed E-state index contributed by atoms with van der Waals surface area (Å²) in [4.78, 5) is 14.5. The number of nitrogens with zero attached hydrogens (tertiary/aromatic N) is 1. The molecule has 0 aromatic rings. The lowest BCUT2D eigenvalue weighted by molar-refractivity contribution is -0.0705. The molecule has 4 aliphatic rings. The molecule has 0 radical (unpaired) electrons. The lowest BCUT2D eigenvalue weighted by Crippen LogP contribution is -2.53. The monoisotopic (exact) mass is 325 g/mol. The first-order chi connectivity index (χ1) is 10.3. The van der Waals surface area contributed by atoms with Crippen LogP contribution >= 0.6 is 12.6 Å².